The lowest BCUT2D eigenvalue weighted by molar-refractivity contribution is -0.154. The van der Waals surface area contributed by atoms with Crippen LogP contribution in [0.5, 0.6) is 5.88 Å². The average molecular weight is 411 g/mol. The predicted octanol–water partition coefficient (Wildman–Crippen LogP) is 4.57. The van der Waals surface area contributed by atoms with Crippen LogP contribution in [0.2, 0.25) is 0 Å². The Balaban J connectivity index is 1.83. The van der Waals surface area contributed by atoms with E-state index in [4.69, 9.17) is 9.47 Å². The van der Waals surface area contributed by atoms with Crippen molar-refractivity contribution in [3.63, 3.8) is 0 Å². The maximum Gasteiger partial charge on any atom is 0.306 e. The fourth-order valence-electron chi connectivity index (χ4n) is 3.04. The van der Waals surface area contributed by atoms with E-state index in [1.54, 1.807) is 30.1 Å². The van der Waals surface area contributed by atoms with Gasteiger partial charge in [0.1, 0.15) is 11.4 Å². The highest BCUT2D eigenvalue weighted by Crippen LogP contribution is 2.29. The van der Waals surface area contributed by atoms with E-state index in [0.29, 0.717) is 22.7 Å². The van der Waals surface area contributed by atoms with E-state index >= 15 is 0 Å². The lowest BCUT2D eigenvalue weighted by atomic mass is 10.0. The van der Waals surface area contributed by atoms with Crippen LogP contribution < -0.4 is 4.74 Å². The lowest BCUT2D eigenvalue weighted by Crippen LogP contribution is -2.24. The molecule has 0 radical (unpaired) electrons. The number of aryl methyl sites for hydroxylation is 2. The number of hydrogen-bond acceptors (Lipinski definition) is 5. The Kier molecular flexibility index (Phi) is 6.20. The van der Waals surface area contributed by atoms with Gasteiger partial charge in [-0.1, -0.05) is 12.1 Å². The number of ether oxygens (including phenoxy) is 2. The maximum atomic E-state index is 14.7. The van der Waals surface area contributed by atoms with Crippen LogP contribution in [-0.4, -0.2) is 33.4 Å². The topological polar surface area (TPSA) is 66.2 Å². The fourth-order valence-corrected chi connectivity index (χ4v) is 3.04. The van der Waals surface area contributed by atoms with Crippen LogP contribution in [0.15, 0.2) is 42.7 Å². The number of esters is 1. The smallest absolute Gasteiger partial charge is 0.306 e. The van der Waals surface area contributed by atoms with E-state index < -0.39 is 5.60 Å². The maximum absolute atomic E-state index is 14.7. The molecule has 2 heterocycles. The molecule has 0 bridgehead atoms. The number of nitrogens with zero attached hydrogens (tertiary/aromatic N) is 3. The van der Waals surface area contributed by atoms with Crippen LogP contribution in [0, 0.1) is 5.82 Å². The van der Waals surface area contributed by atoms with Crippen LogP contribution in [0.4, 0.5) is 4.39 Å². The molecule has 0 N–H and O–H groups in total. The van der Waals surface area contributed by atoms with E-state index in [0.717, 1.165) is 11.1 Å². The molecule has 2 aromatic heterocycles. The summed E-state index contributed by atoms with van der Waals surface area (Å²) in [5.41, 5.74) is 2.92. The van der Waals surface area contributed by atoms with Gasteiger partial charge >= 0.3 is 5.97 Å². The largest absolute Gasteiger partial charge is 0.481 e. The van der Waals surface area contributed by atoms with Gasteiger partial charge in [0, 0.05) is 31.3 Å². The second-order valence-electron chi connectivity index (χ2n) is 8.08. The molecule has 0 spiro atoms. The molecular formula is C23H26FN3O3. The first kappa shape index (κ1) is 21.5. The standard InChI is InChI=1S/C23H26FN3O3/c1-23(2,3)30-22(28)9-8-15-6-7-16(10-19(15)24)17-11-20(26-21(12-17)29-5)18-13-25-27(4)14-18/h6-7,10-14H,8-9H2,1-5H3. The quantitative estimate of drug-likeness (QED) is 0.556. The molecule has 30 heavy (non-hydrogen) atoms. The molecule has 0 amide bonds. The molecule has 3 rings (SSSR count). The van der Waals surface area contributed by atoms with Crippen molar-refractivity contribution in [3.05, 3.63) is 54.1 Å². The van der Waals surface area contributed by atoms with Crippen molar-refractivity contribution in [3.8, 4) is 28.3 Å². The molecule has 0 aliphatic rings. The van der Waals surface area contributed by atoms with Gasteiger partial charge in [0.25, 0.3) is 0 Å². The van der Waals surface area contributed by atoms with E-state index in [1.807, 2.05) is 46.1 Å². The Labute approximate surface area is 175 Å². The van der Waals surface area contributed by atoms with Crippen molar-refractivity contribution in [2.75, 3.05) is 7.11 Å². The number of halogens is 1. The summed E-state index contributed by atoms with van der Waals surface area (Å²) in [6.45, 7) is 5.43. The van der Waals surface area contributed by atoms with E-state index in [9.17, 15) is 9.18 Å². The third-order valence-corrected chi connectivity index (χ3v) is 4.42. The number of methoxy groups -OCH3 is 1. The summed E-state index contributed by atoms with van der Waals surface area (Å²) in [6, 6.07) is 8.62. The summed E-state index contributed by atoms with van der Waals surface area (Å²) in [6.07, 6.45) is 3.97. The number of carbonyl (C=O) groups is 1. The first-order valence-corrected chi connectivity index (χ1v) is 9.70. The van der Waals surface area contributed by atoms with Gasteiger partial charge in [0.05, 0.1) is 19.0 Å². The zero-order valence-electron chi connectivity index (χ0n) is 17.9. The first-order chi connectivity index (χ1) is 14.1. The molecule has 0 aliphatic heterocycles. The number of rotatable bonds is 6. The van der Waals surface area contributed by atoms with Crippen LogP contribution in [0.1, 0.15) is 32.8 Å². The second-order valence-corrected chi connectivity index (χ2v) is 8.08. The summed E-state index contributed by atoms with van der Waals surface area (Å²) in [5.74, 6) is -0.276. The Hall–Kier alpha value is -3.22. The normalized spacial score (nSPS) is 11.4. The number of benzene rings is 1. The van der Waals surface area contributed by atoms with Gasteiger partial charge in [-0.05, 0) is 56.0 Å². The van der Waals surface area contributed by atoms with Gasteiger partial charge in [-0.2, -0.15) is 5.10 Å². The zero-order valence-corrected chi connectivity index (χ0v) is 17.9. The van der Waals surface area contributed by atoms with Gasteiger partial charge in [0.15, 0.2) is 0 Å². The van der Waals surface area contributed by atoms with Crippen molar-refractivity contribution in [1.29, 1.82) is 0 Å². The monoisotopic (exact) mass is 411 g/mol. The lowest BCUT2D eigenvalue weighted by Gasteiger charge is -2.19. The van der Waals surface area contributed by atoms with Gasteiger partial charge in [-0.3, -0.25) is 9.48 Å². The van der Waals surface area contributed by atoms with Crippen LogP contribution in [0.25, 0.3) is 22.4 Å². The van der Waals surface area contributed by atoms with Crippen molar-refractivity contribution in [1.82, 2.24) is 14.8 Å². The number of pyridine rings is 1. The minimum Gasteiger partial charge on any atom is -0.481 e. The predicted molar refractivity (Wildman–Crippen MR) is 113 cm³/mol. The Morgan fingerprint density at radius 1 is 1.13 bits per heavy atom. The fraction of sp³-hybridized carbons (Fsp3) is 0.348. The molecule has 158 valence electrons. The van der Waals surface area contributed by atoms with Crippen molar-refractivity contribution >= 4 is 5.97 Å². The third-order valence-electron chi connectivity index (χ3n) is 4.42. The number of hydrogen-bond donors (Lipinski definition) is 0. The Bertz CT molecular complexity index is 1050. The van der Waals surface area contributed by atoms with Crippen LogP contribution in [0.3, 0.4) is 0 Å². The minimum atomic E-state index is -0.550. The van der Waals surface area contributed by atoms with Crippen LogP contribution in [-0.2, 0) is 23.0 Å². The van der Waals surface area contributed by atoms with Gasteiger partial charge in [-0.25, -0.2) is 9.37 Å². The van der Waals surface area contributed by atoms with Gasteiger partial charge in [0.2, 0.25) is 5.88 Å². The van der Waals surface area contributed by atoms with Gasteiger partial charge < -0.3 is 9.47 Å². The molecule has 0 aliphatic carbocycles. The van der Waals surface area contributed by atoms with Crippen molar-refractivity contribution in [2.24, 2.45) is 7.05 Å². The summed E-state index contributed by atoms with van der Waals surface area (Å²) < 4.78 is 27.0. The van der Waals surface area contributed by atoms with Crippen LogP contribution >= 0.6 is 0 Å². The molecule has 1 aromatic carbocycles. The zero-order chi connectivity index (χ0) is 21.9. The highest BCUT2D eigenvalue weighted by Gasteiger charge is 2.17. The number of aromatic nitrogens is 3. The molecular weight excluding hydrogens is 385 g/mol. The molecule has 6 nitrogen and oxygen atoms in total. The third kappa shape index (κ3) is 5.43. The SMILES string of the molecule is COc1cc(-c2ccc(CCC(=O)OC(C)(C)C)c(F)c2)cc(-c2cnn(C)c2)n1. The van der Waals surface area contributed by atoms with Crippen molar-refractivity contribution in [2.45, 2.75) is 39.2 Å². The molecule has 0 saturated heterocycles. The molecule has 3 aromatic rings. The average Bonchev–Trinajstić information content (AvgIpc) is 3.11. The van der Waals surface area contributed by atoms with E-state index in [-0.39, 0.29) is 24.6 Å². The van der Waals surface area contributed by atoms with Crippen molar-refractivity contribution < 1.29 is 18.7 Å². The highest BCUT2D eigenvalue weighted by molar-refractivity contribution is 5.72. The molecule has 7 heteroatoms. The molecule has 0 atom stereocenters. The summed E-state index contributed by atoms with van der Waals surface area (Å²) >= 11 is 0. The second kappa shape index (κ2) is 8.65. The molecule has 0 saturated carbocycles. The number of carbonyl (C=O) groups excluding carboxylic acids is 1. The Morgan fingerprint density at radius 2 is 1.90 bits per heavy atom. The minimum absolute atomic E-state index is 0.127. The molecule has 0 fully saturated rings. The highest BCUT2D eigenvalue weighted by atomic mass is 19.1. The summed E-state index contributed by atoms with van der Waals surface area (Å²) in [4.78, 5) is 16.4. The van der Waals surface area contributed by atoms with E-state index in [1.165, 1.54) is 6.07 Å². The van der Waals surface area contributed by atoms with Gasteiger partial charge in [-0.15, -0.1) is 0 Å². The van der Waals surface area contributed by atoms with E-state index in [2.05, 4.69) is 10.1 Å². The first-order valence-electron chi connectivity index (χ1n) is 9.70. The summed E-state index contributed by atoms with van der Waals surface area (Å²) in [7, 11) is 3.37. The summed E-state index contributed by atoms with van der Waals surface area (Å²) in [5, 5.41) is 4.17. The molecule has 0 unspecified atom stereocenters. The Morgan fingerprint density at radius 3 is 2.50 bits per heavy atom.